The van der Waals surface area contributed by atoms with Gasteiger partial charge in [0, 0.05) is 85.1 Å². The van der Waals surface area contributed by atoms with Gasteiger partial charge in [-0.25, -0.2) is 33.9 Å². The minimum atomic E-state index is -0.682. The van der Waals surface area contributed by atoms with Crippen LogP contribution in [0.3, 0.4) is 0 Å². The fraction of sp³-hybridized carbons (Fsp3) is 0.200. The van der Waals surface area contributed by atoms with Crippen LogP contribution in [0.25, 0.3) is 23.0 Å². The topological polar surface area (TPSA) is 136 Å². The summed E-state index contributed by atoms with van der Waals surface area (Å²) < 4.78 is 24.6. The average molecular weight is 790 g/mol. The van der Waals surface area contributed by atoms with Gasteiger partial charge in [-0.15, -0.1) is 0 Å². The molecule has 2 aliphatic rings. The van der Waals surface area contributed by atoms with Crippen LogP contribution < -0.4 is 9.80 Å². The van der Waals surface area contributed by atoms with Crippen molar-refractivity contribution < 1.29 is 23.5 Å². The fourth-order valence-electron chi connectivity index (χ4n) is 6.33. The van der Waals surface area contributed by atoms with Crippen LogP contribution in [0.15, 0.2) is 102 Å². The number of methoxy groups -OCH3 is 2. The van der Waals surface area contributed by atoms with Crippen molar-refractivity contribution >= 4 is 39.2 Å². The van der Waals surface area contributed by atoms with Gasteiger partial charge in [-0.05, 0) is 60.7 Å². The number of pyridine rings is 2. The number of nitrogens with zero attached hydrogens (tertiary/aromatic N) is 8. The number of hydrogen-bond donors (Lipinski definition) is 0. The molecule has 0 radical (unpaired) electrons. The van der Waals surface area contributed by atoms with E-state index in [1.807, 2.05) is 59.6 Å². The van der Waals surface area contributed by atoms with Crippen LogP contribution in [0.1, 0.15) is 43.2 Å². The lowest BCUT2D eigenvalue weighted by Crippen LogP contribution is -2.32. The summed E-state index contributed by atoms with van der Waals surface area (Å²) in [6.07, 6.45) is 8.60. The molecule has 0 aliphatic carbocycles. The summed E-state index contributed by atoms with van der Waals surface area (Å²) in [6, 6.07) is 21.5. The molecule has 6 aromatic rings. The molecule has 8 rings (SSSR count). The third kappa shape index (κ3) is 7.93. The number of fused-ring (bicyclic) bond motifs is 2. The molecule has 0 spiro atoms. The van der Waals surface area contributed by atoms with Gasteiger partial charge in [-0.2, -0.15) is 0 Å². The second-order valence-electron chi connectivity index (χ2n) is 12.4. The number of esters is 2. The molecule has 272 valence electrons. The van der Waals surface area contributed by atoms with Gasteiger partial charge in [0.15, 0.2) is 11.6 Å². The van der Waals surface area contributed by atoms with E-state index in [1.165, 1.54) is 26.4 Å². The monoisotopic (exact) mass is 788 g/mol. The zero-order chi connectivity index (χ0) is 37.6. The molecule has 0 bridgehead atoms. The third-order valence-corrected chi connectivity index (χ3v) is 9.58. The molecule has 6 heterocycles. The quantitative estimate of drug-likeness (QED) is 0.167. The van der Waals surface area contributed by atoms with Gasteiger partial charge in [-0.3, -0.25) is 9.97 Å². The molecule has 0 atom stereocenters. The Bertz CT molecular complexity index is 2320. The summed E-state index contributed by atoms with van der Waals surface area (Å²) in [6.45, 7) is 2.68. The molecule has 12 nitrogen and oxygen atoms in total. The Labute approximate surface area is 319 Å². The highest BCUT2D eigenvalue weighted by Crippen LogP contribution is 2.30. The van der Waals surface area contributed by atoms with Gasteiger partial charge in [-0.1, -0.05) is 28.1 Å². The number of carbonyl (C=O) groups excluding carboxylic acids is 2. The molecular formula is C40H34BrFN8O4. The van der Waals surface area contributed by atoms with Crippen molar-refractivity contribution in [3.8, 4) is 23.0 Å². The van der Waals surface area contributed by atoms with Crippen LogP contribution in [0.4, 0.5) is 15.8 Å². The smallest absolute Gasteiger partial charge is 0.340 e. The molecule has 2 aliphatic heterocycles. The van der Waals surface area contributed by atoms with E-state index in [0.717, 1.165) is 63.4 Å². The van der Waals surface area contributed by atoms with Crippen molar-refractivity contribution in [3.63, 3.8) is 0 Å². The summed E-state index contributed by atoms with van der Waals surface area (Å²) in [5.74, 6) is -0.373. The molecule has 54 heavy (non-hydrogen) atoms. The Hall–Kier alpha value is -6.15. The van der Waals surface area contributed by atoms with Gasteiger partial charge in [0.2, 0.25) is 0 Å². The predicted octanol–water partition coefficient (Wildman–Crippen LogP) is 6.68. The molecular weight excluding hydrogens is 755 g/mol. The van der Waals surface area contributed by atoms with E-state index in [-0.39, 0.29) is 11.5 Å². The first-order valence-electron chi connectivity index (χ1n) is 17.1. The largest absolute Gasteiger partial charge is 0.465 e. The number of anilines is 2. The van der Waals surface area contributed by atoms with Gasteiger partial charge in [0.25, 0.3) is 0 Å². The zero-order valence-corrected chi connectivity index (χ0v) is 31.0. The maximum Gasteiger partial charge on any atom is 0.340 e. The molecule has 14 heteroatoms. The SMILES string of the molecule is COC(=O)c1cc(Br)ccc1N1CCc2nc(-c3ccccn3)ncc2C1.COC(=O)c1ccc(N2CCc3nc(-c4ccccn4)ncc3C2)cc1F. The highest BCUT2D eigenvalue weighted by Gasteiger charge is 2.24. The van der Waals surface area contributed by atoms with E-state index >= 15 is 0 Å². The molecule has 0 amide bonds. The van der Waals surface area contributed by atoms with Crippen LogP contribution in [0.2, 0.25) is 0 Å². The number of benzene rings is 2. The minimum absolute atomic E-state index is 0.0676. The van der Waals surface area contributed by atoms with Crippen molar-refractivity contribution in [3.05, 3.63) is 142 Å². The minimum Gasteiger partial charge on any atom is -0.465 e. The highest BCUT2D eigenvalue weighted by molar-refractivity contribution is 9.10. The van der Waals surface area contributed by atoms with Crippen LogP contribution in [0, 0.1) is 5.82 Å². The zero-order valence-electron chi connectivity index (χ0n) is 29.4. The maximum atomic E-state index is 14.2. The van der Waals surface area contributed by atoms with Crippen molar-refractivity contribution in [2.24, 2.45) is 0 Å². The Kier molecular flexibility index (Phi) is 10.9. The fourth-order valence-corrected chi connectivity index (χ4v) is 6.69. The predicted molar refractivity (Wildman–Crippen MR) is 203 cm³/mol. The summed E-state index contributed by atoms with van der Waals surface area (Å²) in [7, 11) is 2.63. The van der Waals surface area contributed by atoms with E-state index in [1.54, 1.807) is 30.7 Å². The van der Waals surface area contributed by atoms with E-state index in [0.29, 0.717) is 42.5 Å². The van der Waals surface area contributed by atoms with Gasteiger partial charge < -0.3 is 19.3 Å². The Morgan fingerprint density at radius 2 is 1.26 bits per heavy atom. The Balaban J connectivity index is 0.000000167. The number of aromatic nitrogens is 6. The van der Waals surface area contributed by atoms with E-state index in [4.69, 9.17) is 9.72 Å². The molecule has 0 fully saturated rings. The number of hydrogen-bond acceptors (Lipinski definition) is 12. The lowest BCUT2D eigenvalue weighted by atomic mass is 10.0. The van der Waals surface area contributed by atoms with E-state index in [2.05, 4.69) is 50.5 Å². The number of halogens is 2. The van der Waals surface area contributed by atoms with Crippen LogP contribution >= 0.6 is 15.9 Å². The number of rotatable bonds is 6. The Morgan fingerprint density at radius 1 is 0.685 bits per heavy atom. The number of carbonyl (C=O) groups is 2. The van der Waals surface area contributed by atoms with Crippen molar-refractivity contribution in [1.82, 2.24) is 29.9 Å². The summed E-state index contributed by atoms with van der Waals surface area (Å²) in [4.78, 5) is 54.8. The first-order valence-corrected chi connectivity index (χ1v) is 17.9. The average Bonchev–Trinajstić information content (AvgIpc) is 3.23. The molecule has 2 aromatic carbocycles. The molecule has 0 unspecified atom stereocenters. The van der Waals surface area contributed by atoms with Gasteiger partial charge in [0.05, 0.1) is 42.4 Å². The normalized spacial score (nSPS) is 13.2. The van der Waals surface area contributed by atoms with Gasteiger partial charge >= 0.3 is 11.9 Å². The maximum absolute atomic E-state index is 14.2. The highest BCUT2D eigenvalue weighted by atomic mass is 79.9. The van der Waals surface area contributed by atoms with E-state index < -0.39 is 11.8 Å². The van der Waals surface area contributed by atoms with Crippen LogP contribution in [-0.4, -0.2) is 69.2 Å². The summed E-state index contributed by atoms with van der Waals surface area (Å²) >= 11 is 3.42. The second kappa shape index (κ2) is 16.3. The number of ether oxygens (including phenoxy) is 2. The standard InChI is InChI=1S/C20H17BrN4O2.C20H17FN4O2/c1-27-20(26)15-10-14(21)5-6-18(15)25-9-7-16-13(12-25)11-23-19(24-16)17-4-2-3-8-22-17;1-27-20(26)15-6-5-14(10-16(15)21)25-9-7-17-13(12-25)11-23-19(24-17)18-4-2-3-8-22-18/h2*2-6,8,10-11H,7,9,12H2,1H3. The first-order chi connectivity index (χ1) is 26.3. The van der Waals surface area contributed by atoms with Crippen molar-refractivity contribution in [1.29, 1.82) is 0 Å². The molecule has 0 saturated heterocycles. The van der Waals surface area contributed by atoms with Crippen LogP contribution in [0.5, 0.6) is 0 Å². The van der Waals surface area contributed by atoms with E-state index in [9.17, 15) is 14.0 Å². The lowest BCUT2D eigenvalue weighted by Gasteiger charge is -2.31. The molecule has 4 aromatic heterocycles. The van der Waals surface area contributed by atoms with Gasteiger partial charge in [0.1, 0.15) is 17.2 Å². The molecule has 0 saturated carbocycles. The molecule has 0 N–H and O–H groups in total. The first kappa shape index (κ1) is 36.2. The summed E-state index contributed by atoms with van der Waals surface area (Å²) in [5.41, 5.74) is 7.60. The third-order valence-electron chi connectivity index (χ3n) is 9.08. The Morgan fingerprint density at radius 3 is 1.81 bits per heavy atom. The van der Waals surface area contributed by atoms with Crippen molar-refractivity contribution in [2.75, 3.05) is 37.1 Å². The lowest BCUT2D eigenvalue weighted by molar-refractivity contribution is 0.0589. The summed E-state index contributed by atoms with van der Waals surface area (Å²) in [5, 5.41) is 0. The van der Waals surface area contributed by atoms with Crippen molar-refractivity contribution in [2.45, 2.75) is 25.9 Å². The second-order valence-corrected chi connectivity index (χ2v) is 13.3. The van der Waals surface area contributed by atoms with Crippen LogP contribution in [-0.2, 0) is 35.4 Å².